The zero-order chi connectivity index (χ0) is 17.4. The number of rotatable bonds is 3. The first kappa shape index (κ1) is 15.5. The van der Waals surface area contributed by atoms with Crippen molar-refractivity contribution in [1.29, 1.82) is 0 Å². The molecule has 0 radical (unpaired) electrons. The Hall–Kier alpha value is -3.04. The molecule has 1 aliphatic heterocycles. The van der Waals surface area contributed by atoms with E-state index in [0.29, 0.717) is 35.8 Å². The molecule has 0 saturated heterocycles. The van der Waals surface area contributed by atoms with Crippen molar-refractivity contribution in [2.75, 3.05) is 18.5 Å². The van der Waals surface area contributed by atoms with E-state index in [2.05, 4.69) is 20.6 Å². The summed E-state index contributed by atoms with van der Waals surface area (Å²) in [5.41, 5.74) is 0.906. The van der Waals surface area contributed by atoms with Crippen molar-refractivity contribution in [1.82, 2.24) is 19.8 Å². The molecule has 0 amide bonds. The number of halogens is 3. The van der Waals surface area contributed by atoms with Crippen molar-refractivity contribution in [2.45, 2.75) is 12.7 Å². The summed E-state index contributed by atoms with van der Waals surface area (Å²) in [5.74, 6) is 0.430. The number of anilines is 1. The first-order valence-corrected chi connectivity index (χ1v) is 7.43. The highest BCUT2D eigenvalue weighted by atomic mass is 19.4. The van der Waals surface area contributed by atoms with Gasteiger partial charge in [0.05, 0.1) is 0 Å². The van der Waals surface area contributed by atoms with Crippen LogP contribution in [-0.4, -0.2) is 33.0 Å². The zero-order valence-corrected chi connectivity index (χ0v) is 12.7. The Morgan fingerprint density at radius 3 is 2.64 bits per heavy atom. The summed E-state index contributed by atoms with van der Waals surface area (Å²) in [7, 11) is 0. The van der Waals surface area contributed by atoms with Crippen molar-refractivity contribution in [2.24, 2.45) is 0 Å². The van der Waals surface area contributed by atoms with Gasteiger partial charge in [0.25, 0.3) is 5.82 Å². The van der Waals surface area contributed by atoms with Crippen LogP contribution in [0.4, 0.5) is 19.0 Å². The highest BCUT2D eigenvalue weighted by molar-refractivity contribution is 5.47. The monoisotopic (exact) mass is 351 g/mol. The number of benzene rings is 1. The minimum absolute atomic E-state index is 0.0252. The molecule has 0 unspecified atom stereocenters. The maximum absolute atomic E-state index is 12.9. The molecule has 130 valence electrons. The van der Waals surface area contributed by atoms with Crippen LogP contribution in [0.3, 0.4) is 0 Å². The minimum Gasteiger partial charge on any atom is -0.486 e. The van der Waals surface area contributed by atoms with E-state index in [4.69, 9.17) is 9.47 Å². The van der Waals surface area contributed by atoms with E-state index in [0.717, 1.165) is 5.56 Å². The molecular weight excluding hydrogens is 339 g/mol. The topological polar surface area (TPSA) is 73.6 Å². The van der Waals surface area contributed by atoms with E-state index in [-0.39, 0.29) is 11.5 Å². The van der Waals surface area contributed by atoms with Crippen molar-refractivity contribution >= 4 is 11.5 Å². The summed E-state index contributed by atoms with van der Waals surface area (Å²) in [5, 5.41) is 13.5. The number of nitrogens with one attached hydrogen (secondary N) is 1. The molecule has 2 aromatic heterocycles. The Morgan fingerprint density at radius 1 is 1.04 bits per heavy atom. The van der Waals surface area contributed by atoms with Gasteiger partial charge in [-0.05, 0) is 29.8 Å². The number of hydrogen-bond acceptors (Lipinski definition) is 6. The largest absolute Gasteiger partial charge is 0.486 e. The summed E-state index contributed by atoms with van der Waals surface area (Å²) >= 11 is 0. The second-order valence-electron chi connectivity index (χ2n) is 5.34. The lowest BCUT2D eigenvalue weighted by molar-refractivity contribution is -0.146. The maximum Gasteiger partial charge on any atom is 0.453 e. The van der Waals surface area contributed by atoms with Gasteiger partial charge in [-0.15, -0.1) is 15.3 Å². The van der Waals surface area contributed by atoms with Crippen molar-refractivity contribution in [3.8, 4) is 11.5 Å². The summed E-state index contributed by atoms with van der Waals surface area (Å²) in [6, 6.07) is 8.42. The Morgan fingerprint density at radius 2 is 1.84 bits per heavy atom. The molecule has 0 aliphatic carbocycles. The van der Waals surface area contributed by atoms with E-state index in [9.17, 15) is 13.2 Å². The molecule has 0 atom stereocenters. The molecule has 3 heterocycles. The van der Waals surface area contributed by atoms with Gasteiger partial charge in [0.15, 0.2) is 17.1 Å². The molecule has 0 spiro atoms. The van der Waals surface area contributed by atoms with E-state index in [1.54, 1.807) is 12.1 Å². The molecular formula is C15H12F3N5O2. The van der Waals surface area contributed by atoms with Gasteiger partial charge in [0, 0.05) is 6.54 Å². The van der Waals surface area contributed by atoms with Gasteiger partial charge in [-0.2, -0.15) is 17.7 Å². The Kier molecular flexibility index (Phi) is 3.59. The summed E-state index contributed by atoms with van der Waals surface area (Å²) in [6.45, 7) is 1.35. The second-order valence-corrected chi connectivity index (χ2v) is 5.34. The van der Waals surface area contributed by atoms with E-state index in [1.807, 2.05) is 12.1 Å². The fourth-order valence-corrected chi connectivity index (χ4v) is 2.45. The van der Waals surface area contributed by atoms with Crippen molar-refractivity contribution < 1.29 is 22.6 Å². The molecule has 0 saturated carbocycles. The van der Waals surface area contributed by atoms with Gasteiger partial charge >= 0.3 is 6.18 Å². The van der Waals surface area contributed by atoms with Crippen LogP contribution in [0.2, 0.25) is 0 Å². The van der Waals surface area contributed by atoms with Gasteiger partial charge in [0.1, 0.15) is 19.0 Å². The quantitative estimate of drug-likeness (QED) is 0.782. The van der Waals surface area contributed by atoms with Crippen LogP contribution in [-0.2, 0) is 12.7 Å². The number of alkyl halides is 3. The van der Waals surface area contributed by atoms with Crippen LogP contribution in [0, 0.1) is 0 Å². The zero-order valence-electron chi connectivity index (χ0n) is 12.7. The average Bonchev–Trinajstić information content (AvgIpc) is 3.03. The molecule has 4 rings (SSSR count). The minimum atomic E-state index is -4.62. The van der Waals surface area contributed by atoms with Gasteiger partial charge in [-0.1, -0.05) is 6.07 Å². The first-order chi connectivity index (χ1) is 12.0. The standard InChI is InChI=1S/C15H12F3N5O2/c16-15(17,18)14-21-20-13-4-3-12(22-23(13)14)19-8-9-1-2-10-11(7-9)25-6-5-24-10/h1-4,7H,5-6,8H2,(H,19,22). The molecule has 25 heavy (non-hydrogen) atoms. The molecule has 0 fully saturated rings. The van der Waals surface area contributed by atoms with Crippen LogP contribution in [0.1, 0.15) is 11.4 Å². The molecule has 1 aliphatic rings. The fourth-order valence-electron chi connectivity index (χ4n) is 2.45. The third kappa shape index (κ3) is 3.02. The van der Waals surface area contributed by atoms with Crippen molar-refractivity contribution in [3.05, 3.63) is 41.7 Å². The van der Waals surface area contributed by atoms with Gasteiger partial charge < -0.3 is 14.8 Å². The van der Waals surface area contributed by atoms with Crippen LogP contribution < -0.4 is 14.8 Å². The highest BCUT2D eigenvalue weighted by Gasteiger charge is 2.37. The lowest BCUT2D eigenvalue weighted by Crippen LogP contribution is -2.15. The van der Waals surface area contributed by atoms with Crippen molar-refractivity contribution in [3.63, 3.8) is 0 Å². The fraction of sp³-hybridized carbons (Fsp3) is 0.267. The van der Waals surface area contributed by atoms with Crippen LogP contribution in [0.25, 0.3) is 5.65 Å². The lowest BCUT2D eigenvalue weighted by atomic mass is 10.2. The lowest BCUT2D eigenvalue weighted by Gasteiger charge is -2.19. The SMILES string of the molecule is FC(F)(F)c1nnc2ccc(NCc3ccc4c(c3)OCCO4)nn12. The van der Waals surface area contributed by atoms with Crippen LogP contribution in [0.15, 0.2) is 30.3 Å². The third-order valence-corrected chi connectivity index (χ3v) is 3.60. The molecule has 1 N–H and O–H groups in total. The Labute approximate surface area is 139 Å². The van der Waals surface area contributed by atoms with E-state index in [1.165, 1.54) is 6.07 Å². The van der Waals surface area contributed by atoms with Gasteiger partial charge in [-0.25, -0.2) is 0 Å². The molecule has 10 heteroatoms. The summed E-state index contributed by atoms with van der Waals surface area (Å²) < 4.78 is 50.3. The predicted octanol–water partition coefficient (Wildman–Crippen LogP) is 2.53. The van der Waals surface area contributed by atoms with Gasteiger partial charge in [-0.3, -0.25) is 0 Å². The van der Waals surface area contributed by atoms with Crippen LogP contribution in [0.5, 0.6) is 11.5 Å². The Balaban J connectivity index is 1.55. The molecule has 0 bridgehead atoms. The molecule has 7 nitrogen and oxygen atoms in total. The number of hydrogen-bond donors (Lipinski definition) is 1. The molecule has 3 aromatic rings. The van der Waals surface area contributed by atoms with E-state index < -0.39 is 12.0 Å². The summed E-state index contributed by atoms with van der Waals surface area (Å²) in [4.78, 5) is 0. The van der Waals surface area contributed by atoms with Crippen LogP contribution >= 0.6 is 0 Å². The number of fused-ring (bicyclic) bond motifs is 2. The van der Waals surface area contributed by atoms with Gasteiger partial charge in [0.2, 0.25) is 0 Å². The average molecular weight is 351 g/mol. The normalized spacial score (nSPS) is 13.9. The predicted molar refractivity (Wildman–Crippen MR) is 80.5 cm³/mol. The summed E-state index contributed by atoms with van der Waals surface area (Å²) in [6.07, 6.45) is -4.62. The highest BCUT2D eigenvalue weighted by Crippen LogP contribution is 2.31. The smallest absolute Gasteiger partial charge is 0.453 e. The first-order valence-electron chi connectivity index (χ1n) is 7.43. The number of nitrogens with zero attached hydrogens (tertiary/aromatic N) is 4. The van der Waals surface area contributed by atoms with E-state index >= 15 is 0 Å². The number of aromatic nitrogens is 4. The number of ether oxygens (including phenoxy) is 2. The second kappa shape index (κ2) is 5.80. The third-order valence-electron chi connectivity index (χ3n) is 3.60. The Bertz CT molecular complexity index is 925. The molecule has 1 aromatic carbocycles. The maximum atomic E-state index is 12.9.